The average Bonchev–Trinajstić information content (AvgIpc) is 3.34. The first-order valence-electron chi connectivity index (χ1n) is 9.58. The third-order valence-electron chi connectivity index (χ3n) is 5.23. The molecule has 1 fully saturated rings. The molecule has 4 rings (SSSR count). The van der Waals surface area contributed by atoms with E-state index in [1.807, 2.05) is 4.90 Å². The molecule has 6 nitrogen and oxygen atoms in total. The summed E-state index contributed by atoms with van der Waals surface area (Å²) in [5.74, 6) is -1.19. The van der Waals surface area contributed by atoms with Gasteiger partial charge in [-0.25, -0.2) is 4.90 Å². The largest absolute Gasteiger partial charge is 0.350 e. The molecule has 2 aromatic carbocycles. The lowest BCUT2D eigenvalue weighted by Gasteiger charge is -2.18. The van der Waals surface area contributed by atoms with Crippen LogP contribution in [-0.4, -0.2) is 35.7 Å². The Kier molecular flexibility index (Phi) is 5.54. The predicted molar refractivity (Wildman–Crippen MR) is 117 cm³/mol. The summed E-state index contributed by atoms with van der Waals surface area (Å²) in [6, 6.07) is 11.7. The Morgan fingerprint density at radius 3 is 2.30 bits per heavy atom. The number of imide groups is 1. The second kappa shape index (κ2) is 8.13. The Morgan fingerprint density at radius 2 is 1.63 bits per heavy atom. The van der Waals surface area contributed by atoms with Gasteiger partial charge in [-0.15, -0.1) is 0 Å². The van der Waals surface area contributed by atoms with Crippen molar-refractivity contribution >= 4 is 52.3 Å². The lowest BCUT2D eigenvalue weighted by molar-refractivity contribution is -0.120. The van der Waals surface area contributed by atoms with Crippen LogP contribution in [0, 0.1) is 6.92 Å². The van der Waals surface area contributed by atoms with Crippen molar-refractivity contribution < 1.29 is 14.4 Å². The van der Waals surface area contributed by atoms with E-state index in [1.54, 1.807) is 49.4 Å². The number of hydrogen-bond donors (Lipinski definition) is 1. The molecule has 8 heteroatoms. The second-order valence-electron chi connectivity index (χ2n) is 7.27. The lowest BCUT2D eigenvalue weighted by Crippen LogP contribution is -2.32. The monoisotopic (exact) mass is 443 g/mol. The van der Waals surface area contributed by atoms with Gasteiger partial charge in [-0.3, -0.25) is 14.4 Å². The topological polar surface area (TPSA) is 69.7 Å². The number of hydrogen-bond acceptors (Lipinski definition) is 4. The van der Waals surface area contributed by atoms with Gasteiger partial charge in [0, 0.05) is 29.4 Å². The molecule has 2 aliphatic heterocycles. The van der Waals surface area contributed by atoms with E-state index in [4.69, 9.17) is 23.2 Å². The van der Waals surface area contributed by atoms with Crippen molar-refractivity contribution in [2.75, 3.05) is 23.3 Å². The summed E-state index contributed by atoms with van der Waals surface area (Å²) in [5.41, 5.74) is 2.22. The normalized spacial score (nSPS) is 16.6. The molecule has 0 aromatic heterocycles. The van der Waals surface area contributed by atoms with Gasteiger partial charge in [0.15, 0.2) is 0 Å². The van der Waals surface area contributed by atoms with Crippen LogP contribution in [0.1, 0.15) is 28.8 Å². The third kappa shape index (κ3) is 3.68. The maximum Gasteiger partial charge on any atom is 0.283 e. The van der Waals surface area contributed by atoms with Crippen molar-refractivity contribution in [1.82, 2.24) is 4.90 Å². The highest BCUT2D eigenvalue weighted by molar-refractivity contribution is 6.53. The molecule has 0 unspecified atom stereocenters. The van der Waals surface area contributed by atoms with Crippen LogP contribution in [0.4, 0.5) is 11.4 Å². The first kappa shape index (κ1) is 20.4. The summed E-state index contributed by atoms with van der Waals surface area (Å²) in [7, 11) is 0. The number of rotatable bonds is 4. The molecule has 0 radical (unpaired) electrons. The Hall–Kier alpha value is -2.83. The number of halogens is 2. The first-order chi connectivity index (χ1) is 14.4. The quantitative estimate of drug-likeness (QED) is 0.714. The fraction of sp³-hybridized carbons (Fsp3) is 0.227. The summed E-state index contributed by atoms with van der Waals surface area (Å²) in [6.45, 7) is 3.33. The molecule has 154 valence electrons. The molecule has 0 aliphatic carbocycles. The Morgan fingerprint density at radius 1 is 0.967 bits per heavy atom. The summed E-state index contributed by atoms with van der Waals surface area (Å²) in [5, 5.41) is 3.13. The SMILES string of the molecule is Cc1ccc(Cl)cc1N1C(=O)C(Cl)=C(Nc2ccc(C(=O)N3CCCC3)cc2)C1=O. The van der Waals surface area contributed by atoms with Crippen molar-refractivity contribution in [3.05, 3.63) is 69.3 Å². The Balaban J connectivity index is 1.54. The molecular weight excluding hydrogens is 425 g/mol. The fourth-order valence-electron chi connectivity index (χ4n) is 3.60. The van der Waals surface area contributed by atoms with Crippen LogP contribution in [0.25, 0.3) is 0 Å². The number of aryl methyl sites for hydroxylation is 1. The van der Waals surface area contributed by atoms with E-state index in [2.05, 4.69) is 5.32 Å². The lowest BCUT2D eigenvalue weighted by atomic mass is 10.1. The average molecular weight is 444 g/mol. The van der Waals surface area contributed by atoms with E-state index in [1.165, 1.54) is 0 Å². The van der Waals surface area contributed by atoms with Crippen LogP contribution in [-0.2, 0) is 9.59 Å². The van der Waals surface area contributed by atoms with Gasteiger partial charge in [-0.05, 0) is 61.7 Å². The number of amides is 3. The molecule has 30 heavy (non-hydrogen) atoms. The number of likely N-dealkylation sites (tertiary alicyclic amines) is 1. The molecule has 3 amide bonds. The van der Waals surface area contributed by atoms with Crippen LogP contribution in [0.15, 0.2) is 53.2 Å². The second-order valence-corrected chi connectivity index (χ2v) is 8.08. The smallest absolute Gasteiger partial charge is 0.283 e. The highest BCUT2D eigenvalue weighted by Crippen LogP contribution is 2.33. The molecule has 0 atom stereocenters. The van der Waals surface area contributed by atoms with E-state index < -0.39 is 11.8 Å². The van der Waals surface area contributed by atoms with Crippen LogP contribution < -0.4 is 10.2 Å². The highest BCUT2D eigenvalue weighted by atomic mass is 35.5. The zero-order chi connectivity index (χ0) is 21.4. The standard InChI is InChI=1S/C22H19Cl2N3O3/c1-13-4-7-15(23)12-17(13)27-21(29)18(24)19(22(27)30)25-16-8-5-14(6-9-16)20(28)26-10-2-3-11-26/h4-9,12,25H,2-3,10-11H2,1H3. The molecule has 0 spiro atoms. The molecular formula is C22H19Cl2N3O3. The maximum absolute atomic E-state index is 12.9. The maximum atomic E-state index is 12.9. The van der Waals surface area contributed by atoms with E-state index in [0.717, 1.165) is 36.4 Å². The van der Waals surface area contributed by atoms with Crippen LogP contribution in [0.2, 0.25) is 5.02 Å². The molecule has 1 N–H and O–H groups in total. The first-order valence-corrected chi connectivity index (χ1v) is 10.3. The van der Waals surface area contributed by atoms with E-state index in [0.29, 0.717) is 22.0 Å². The van der Waals surface area contributed by atoms with Crippen molar-refractivity contribution in [2.24, 2.45) is 0 Å². The summed E-state index contributed by atoms with van der Waals surface area (Å²) in [6.07, 6.45) is 2.05. The number of carbonyl (C=O) groups is 3. The molecule has 2 heterocycles. The predicted octanol–water partition coefficient (Wildman–Crippen LogP) is 4.32. The molecule has 0 bridgehead atoms. The summed E-state index contributed by atoms with van der Waals surface area (Å²) >= 11 is 12.2. The third-order valence-corrected chi connectivity index (χ3v) is 5.82. The van der Waals surface area contributed by atoms with Gasteiger partial charge >= 0.3 is 0 Å². The van der Waals surface area contributed by atoms with Gasteiger partial charge in [0.2, 0.25) is 0 Å². The minimum absolute atomic E-state index is 0.00831. The van der Waals surface area contributed by atoms with Gasteiger partial charge in [0.05, 0.1) is 5.69 Å². The fourth-order valence-corrected chi connectivity index (χ4v) is 3.98. The number of nitrogens with zero attached hydrogens (tertiary/aromatic N) is 2. The van der Waals surface area contributed by atoms with Crippen LogP contribution in [0.3, 0.4) is 0 Å². The minimum Gasteiger partial charge on any atom is -0.350 e. The van der Waals surface area contributed by atoms with E-state index >= 15 is 0 Å². The minimum atomic E-state index is -0.615. The van der Waals surface area contributed by atoms with Crippen molar-refractivity contribution in [3.8, 4) is 0 Å². The van der Waals surface area contributed by atoms with E-state index in [-0.39, 0.29) is 16.6 Å². The van der Waals surface area contributed by atoms with Gasteiger partial charge < -0.3 is 10.2 Å². The number of nitrogens with one attached hydrogen (secondary N) is 1. The summed E-state index contributed by atoms with van der Waals surface area (Å²) < 4.78 is 0. The van der Waals surface area contributed by atoms with Crippen LogP contribution >= 0.6 is 23.2 Å². The highest BCUT2D eigenvalue weighted by Gasteiger charge is 2.39. The van der Waals surface area contributed by atoms with Gasteiger partial charge in [0.1, 0.15) is 10.7 Å². The zero-order valence-corrected chi connectivity index (χ0v) is 17.8. The number of benzene rings is 2. The zero-order valence-electron chi connectivity index (χ0n) is 16.2. The Labute approximate surface area is 184 Å². The molecule has 1 saturated heterocycles. The molecule has 2 aliphatic rings. The number of carbonyl (C=O) groups excluding carboxylic acids is 3. The van der Waals surface area contributed by atoms with Crippen LogP contribution in [0.5, 0.6) is 0 Å². The summed E-state index contributed by atoms with van der Waals surface area (Å²) in [4.78, 5) is 40.9. The van der Waals surface area contributed by atoms with Gasteiger partial charge in [0.25, 0.3) is 17.7 Å². The van der Waals surface area contributed by atoms with Crippen molar-refractivity contribution in [1.29, 1.82) is 0 Å². The van der Waals surface area contributed by atoms with Crippen molar-refractivity contribution in [2.45, 2.75) is 19.8 Å². The van der Waals surface area contributed by atoms with E-state index in [9.17, 15) is 14.4 Å². The van der Waals surface area contributed by atoms with Gasteiger partial charge in [-0.2, -0.15) is 0 Å². The molecule has 0 saturated carbocycles. The van der Waals surface area contributed by atoms with Gasteiger partial charge in [-0.1, -0.05) is 29.3 Å². The van der Waals surface area contributed by atoms with Crippen molar-refractivity contribution in [3.63, 3.8) is 0 Å². The Bertz CT molecular complexity index is 1070. The number of anilines is 2. The molecule has 2 aromatic rings.